The second-order valence-electron chi connectivity index (χ2n) is 8.28. The number of fused-ring (bicyclic) bond motifs is 2. The van der Waals surface area contributed by atoms with E-state index in [1.165, 1.54) is 18.2 Å². The Labute approximate surface area is 205 Å². The Morgan fingerprint density at radius 1 is 1.25 bits per heavy atom. The minimum Gasteiger partial charge on any atom is -0.486 e. The molecule has 3 aromatic rings. The van der Waals surface area contributed by atoms with Crippen molar-refractivity contribution in [3.8, 4) is 17.4 Å². The summed E-state index contributed by atoms with van der Waals surface area (Å²) < 4.78 is 21.6. The minimum atomic E-state index is -1.35. The van der Waals surface area contributed by atoms with Crippen LogP contribution in [-0.2, 0) is 9.53 Å². The molecule has 5 rings (SSSR count). The van der Waals surface area contributed by atoms with Crippen LogP contribution in [0.15, 0.2) is 42.6 Å². The molecule has 2 aliphatic rings. The van der Waals surface area contributed by atoms with Gasteiger partial charge in [-0.15, -0.1) is 0 Å². The molecule has 1 saturated heterocycles. The van der Waals surface area contributed by atoms with Crippen molar-refractivity contribution >= 4 is 28.7 Å². The number of hydrogen-bond donors (Lipinski definition) is 3. The fraction of sp³-hybridized carbons (Fsp3) is 0.333. The summed E-state index contributed by atoms with van der Waals surface area (Å²) in [4.78, 5) is 35.2. The van der Waals surface area contributed by atoms with Gasteiger partial charge in [0.05, 0.1) is 36.9 Å². The number of nitrogens with two attached hydrogens (primary N) is 1. The highest BCUT2D eigenvalue weighted by Gasteiger charge is 2.34. The largest absolute Gasteiger partial charge is 0.486 e. The fourth-order valence-electron chi connectivity index (χ4n) is 4.09. The second-order valence-corrected chi connectivity index (χ2v) is 8.28. The Hall–Kier alpha value is -4.16. The number of aliphatic hydroxyl groups is 1. The smallest absolute Gasteiger partial charge is 0.414 e. The summed E-state index contributed by atoms with van der Waals surface area (Å²) in [5.74, 6) is 0.903. The molecule has 2 aromatic heterocycles. The first-order valence-electron chi connectivity index (χ1n) is 11.3. The first-order valence-corrected chi connectivity index (χ1v) is 11.3. The van der Waals surface area contributed by atoms with Crippen LogP contribution in [0.25, 0.3) is 11.0 Å². The zero-order chi connectivity index (χ0) is 25.2. The molecule has 0 unspecified atom stereocenters. The van der Waals surface area contributed by atoms with Crippen molar-refractivity contribution in [1.82, 2.24) is 15.3 Å². The zero-order valence-electron chi connectivity index (χ0n) is 19.4. The van der Waals surface area contributed by atoms with Gasteiger partial charge in [0.2, 0.25) is 11.8 Å². The molecule has 4 N–H and O–H groups in total. The molecule has 3 atom stereocenters. The Balaban J connectivity index is 1.22. The van der Waals surface area contributed by atoms with Crippen molar-refractivity contribution in [3.05, 3.63) is 48.2 Å². The summed E-state index contributed by atoms with van der Waals surface area (Å²) in [7, 11) is 1.48. The number of hydrogen-bond acceptors (Lipinski definition) is 10. The van der Waals surface area contributed by atoms with Crippen molar-refractivity contribution in [1.29, 1.82) is 0 Å². The van der Waals surface area contributed by atoms with E-state index in [1.807, 2.05) is 0 Å². The number of aromatic nitrogens is 2. The number of anilines is 1. The van der Waals surface area contributed by atoms with Crippen LogP contribution in [0.4, 0.5) is 10.5 Å². The highest BCUT2D eigenvalue weighted by atomic mass is 16.6. The molecule has 0 radical (unpaired) electrons. The Bertz CT molecular complexity index is 1300. The van der Waals surface area contributed by atoms with E-state index in [-0.39, 0.29) is 13.1 Å². The maximum Gasteiger partial charge on any atom is 0.414 e. The van der Waals surface area contributed by atoms with Crippen LogP contribution in [0, 0.1) is 0 Å². The minimum absolute atomic E-state index is 0.0230. The van der Waals surface area contributed by atoms with Gasteiger partial charge in [-0.05, 0) is 24.3 Å². The van der Waals surface area contributed by atoms with Gasteiger partial charge in [-0.2, -0.15) is 0 Å². The van der Waals surface area contributed by atoms with Crippen LogP contribution in [0.3, 0.4) is 0 Å². The average molecular weight is 495 g/mol. The SMILES string of the molecule is COc1ccc2nccc([C@@H](O)[C@H](N)C(=O)NC[C@@H]3CN(c4ccc5c(c4)OCCO5)C(=O)O3)c2n1. The van der Waals surface area contributed by atoms with E-state index in [4.69, 9.17) is 24.7 Å². The molecular weight excluding hydrogens is 470 g/mol. The predicted octanol–water partition coefficient (Wildman–Crippen LogP) is 0.912. The monoisotopic (exact) mass is 495 g/mol. The van der Waals surface area contributed by atoms with Crippen molar-refractivity contribution < 1.29 is 33.6 Å². The van der Waals surface area contributed by atoms with E-state index in [0.717, 1.165) is 0 Å². The number of methoxy groups -OCH3 is 1. The van der Waals surface area contributed by atoms with Gasteiger partial charge in [0.15, 0.2) is 11.5 Å². The normalized spacial score (nSPS) is 18.5. The van der Waals surface area contributed by atoms with Gasteiger partial charge >= 0.3 is 6.09 Å². The highest BCUT2D eigenvalue weighted by Crippen LogP contribution is 2.35. The number of ether oxygens (including phenoxy) is 4. The van der Waals surface area contributed by atoms with E-state index >= 15 is 0 Å². The number of carbonyl (C=O) groups excluding carboxylic acids is 2. The second kappa shape index (κ2) is 9.84. The summed E-state index contributed by atoms with van der Waals surface area (Å²) in [5, 5.41) is 13.5. The molecule has 0 aliphatic carbocycles. The number of cyclic esters (lactones) is 1. The molecule has 2 aliphatic heterocycles. The molecule has 12 nitrogen and oxygen atoms in total. The van der Waals surface area contributed by atoms with Crippen LogP contribution >= 0.6 is 0 Å². The third kappa shape index (κ3) is 4.55. The molecule has 12 heteroatoms. The average Bonchev–Trinajstić information content (AvgIpc) is 3.30. The molecule has 1 fully saturated rings. The van der Waals surface area contributed by atoms with Crippen molar-refractivity contribution in [2.24, 2.45) is 5.73 Å². The third-order valence-corrected chi connectivity index (χ3v) is 5.98. The number of nitrogens with zero attached hydrogens (tertiary/aromatic N) is 3. The maximum absolute atomic E-state index is 12.7. The number of rotatable bonds is 7. The summed E-state index contributed by atoms with van der Waals surface area (Å²) in [6.07, 6.45) is -0.995. The molecule has 4 heterocycles. The molecule has 2 amide bonds. The Kier molecular flexibility index (Phi) is 6.44. The van der Waals surface area contributed by atoms with E-state index in [2.05, 4.69) is 15.3 Å². The maximum atomic E-state index is 12.7. The van der Waals surface area contributed by atoms with Crippen LogP contribution < -0.4 is 30.2 Å². The lowest BCUT2D eigenvalue weighted by Gasteiger charge is -2.21. The molecule has 36 heavy (non-hydrogen) atoms. The van der Waals surface area contributed by atoms with Gasteiger partial charge in [-0.25, -0.2) is 9.78 Å². The van der Waals surface area contributed by atoms with Crippen LogP contribution in [0.2, 0.25) is 0 Å². The molecule has 188 valence electrons. The molecule has 1 aromatic carbocycles. The van der Waals surface area contributed by atoms with Crippen molar-refractivity contribution in [2.75, 3.05) is 38.3 Å². The fourth-order valence-corrected chi connectivity index (χ4v) is 4.09. The van der Waals surface area contributed by atoms with Crippen LogP contribution in [-0.4, -0.2) is 72.6 Å². The quantitative estimate of drug-likeness (QED) is 0.430. The van der Waals surface area contributed by atoms with Crippen LogP contribution in [0.1, 0.15) is 11.7 Å². The number of amides is 2. The molecule has 0 spiro atoms. The van der Waals surface area contributed by atoms with Gasteiger partial charge in [0.25, 0.3) is 0 Å². The van der Waals surface area contributed by atoms with E-state index < -0.39 is 30.3 Å². The Morgan fingerprint density at radius 2 is 2.06 bits per heavy atom. The number of pyridine rings is 2. The molecule has 0 saturated carbocycles. The first kappa shape index (κ1) is 23.6. The third-order valence-electron chi connectivity index (χ3n) is 5.98. The number of carbonyl (C=O) groups is 2. The van der Waals surface area contributed by atoms with Gasteiger partial charge in [0, 0.05) is 23.9 Å². The number of nitrogens with one attached hydrogen (secondary N) is 1. The van der Waals surface area contributed by atoms with E-state index in [9.17, 15) is 14.7 Å². The summed E-state index contributed by atoms with van der Waals surface area (Å²) in [6, 6.07) is 8.79. The summed E-state index contributed by atoms with van der Waals surface area (Å²) in [6.45, 7) is 1.14. The summed E-state index contributed by atoms with van der Waals surface area (Å²) in [5.41, 5.74) is 7.91. The Morgan fingerprint density at radius 3 is 2.86 bits per heavy atom. The lowest BCUT2D eigenvalue weighted by atomic mass is 10.0. The van der Waals surface area contributed by atoms with Gasteiger partial charge in [-0.1, -0.05) is 0 Å². The highest BCUT2D eigenvalue weighted by molar-refractivity contribution is 5.90. The first-order chi connectivity index (χ1) is 17.4. The van der Waals surface area contributed by atoms with Crippen molar-refractivity contribution in [2.45, 2.75) is 18.2 Å². The lowest BCUT2D eigenvalue weighted by molar-refractivity contribution is -0.125. The van der Waals surface area contributed by atoms with Gasteiger partial charge < -0.3 is 35.1 Å². The van der Waals surface area contributed by atoms with Crippen LogP contribution in [0.5, 0.6) is 17.4 Å². The topological polar surface area (TPSA) is 158 Å². The molecular formula is C24H25N5O7. The number of benzene rings is 1. The lowest BCUT2D eigenvalue weighted by Crippen LogP contribution is -2.47. The standard InChI is InChI=1S/C24H25N5O7/c1-33-19-5-3-16-21(28-19)15(6-7-26-16)22(30)20(25)23(31)27-11-14-12-29(24(32)36-14)13-2-4-17-18(10-13)35-9-8-34-17/h2-7,10,14,20,22,30H,8-9,11-12,25H2,1H3,(H,27,31)/t14-,20+,22-/m1/s1. The molecule has 0 bridgehead atoms. The van der Waals surface area contributed by atoms with E-state index in [0.29, 0.717) is 52.9 Å². The summed E-state index contributed by atoms with van der Waals surface area (Å²) >= 11 is 0. The predicted molar refractivity (Wildman–Crippen MR) is 127 cm³/mol. The van der Waals surface area contributed by atoms with Gasteiger partial charge in [-0.3, -0.25) is 14.7 Å². The van der Waals surface area contributed by atoms with Crippen molar-refractivity contribution in [3.63, 3.8) is 0 Å². The van der Waals surface area contributed by atoms with Gasteiger partial charge in [0.1, 0.15) is 31.5 Å². The number of aliphatic hydroxyl groups excluding tert-OH is 1. The zero-order valence-corrected chi connectivity index (χ0v) is 19.4. The van der Waals surface area contributed by atoms with E-state index in [1.54, 1.807) is 36.4 Å².